The topological polar surface area (TPSA) is 17.1 Å². The summed E-state index contributed by atoms with van der Waals surface area (Å²) < 4.78 is 13.8. The summed E-state index contributed by atoms with van der Waals surface area (Å²) in [5.41, 5.74) is 0.463. The molecule has 0 unspecified atom stereocenters. The average molecular weight is 276 g/mol. The largest absolute Gasteiger partial charge is 0.299 e. The number of aldehydes is 1. The van der Waals surface area contributed by atoms with Crippen LogP contribution in [0.4, 0.5) is 4.39 Å². The van der Waals surface area contributed by atoms with Crippen molar-refractivity contribution in [2.75, 3.05) is 0 Å². The van der Waals surface area contributed by atoms with Crippen LogP contribution in [0.2, 0.25) is 0 Å². The van der Waals surface area contributed by atoms with Crippen molar-refractivity contribution in [3.8, 4) is 0 Å². The molecule has 1 rings (SSSR count). The van der Waals surface area contributed by atoms with E-state index in [-0.39, 0.29) is 5.82 Å². The summed E-state index contributed by atoms with van der Waals surface area (Å²) in [6, 6.07) is 4.79. The molecule has 0 aliphatic carbocycles. The van der Waals surface area contributed by atoms with Gasteiger partial charge in [-0.15, -0.1) is 0 Å². The first kappa shape index (κ1) is 9.38. The highest BCUT2D eigenvalue weighted by Gasteiger charge is 2.00. The molecular formula is C9H6FIO. The Bertz CT molecular complexity index is 300. The van der Waals surface area contributed by atoms with Crippen LogP contribution in [0.5, 0.6) is 0 Å². The van der Waals surface area contributed by atoms with Crippen molar-refractivity contribution < 1.29 is 9.18 Å². The number of allylic oxidation sites excluding steroid dienone is 1. The Morgan fingerprint density at radius 3 is 2.75 bits per heavy atom. The van der Waals surface area contributed by atoms with Gasteiger partial charge in [0.15, 0.2) is 0 Å². The maximum Gasteiger partial charge on any atom is 0.142 e. The minimum Gasteiger partial charge on any atom is -0.299 e. The number of hydrogen-bond donors (Lipinski definition) is 0. The van der Waals surface area contributed by atoms with E-state index in [9.17, 15) is 9.18 Å². The third-order valence-electron chi connectivity index (χ3n) is 1.34. The highest BCUT2D eigenvalue weighted by atomic mass is 127. The van der Waals surface area contributed by atoms with Crippen LogP contribution in [-0.2, 0) is 4.79 Å². The molecule has 0 heterocycles. The van der Waals surface area contributed by atoms with Crippen molar-refractivity contribution in [2.24, 2.45) is 0 Å². The van der Waals surface area contributed by atoms with Crippen molar-refractivity contribution in [3.05, 3.63) is 39.2 Å². The number of carbonyl (C=O) groups excluding carboxylic acids is 1. The van der Waals surface area contributed by atoms with Gasteiger partial charge in [0.1, 0.15) is 12.1 Å². The van der Waals surface area contributed by atoms with Crippen LogP contribution in [0.1, 0.15) is 5.56 Å². The summed E-state index contributed by atoms with van der Waals surface area (Å²) in [4.78, 5) is 9.99. The molecule has 0 radical (unpaired) electrons. The molecule has 0 fully saturated rings. The van der Waals surface area contributed by atoms with Gasteiger partial charge in [0.25, 0.3) is 0 Å². The lowest BCUT2D eigenvalue weighted by atomic mass is 10.2. The molecule has 0 aliphatic rings. The number of halogens is 2. The smallest absolute Gasteiger partial charge is 0.142 e. The summed E-state index contributed by atoms with van der Waals surface area (Å²) in [6.45, 7) is 0. The summed E-state index contributed by atoms with van der Waals surface area (Å²) >= 11 is 2.02. The van der Waals surface area contributed by atoms with Crippen LogP contribution in [0.15, 0.2) is 24.3 Å². The van der Waals surface area contributed by atoms with Gasteiger partial charge in [-0.05, 0) is 46.9 Å². The summed E-state index contributed by atoms with van der Waals surface area (Å²) in [7, 11) is 0. The molecule has 0 N–H and O–H groups in total. The van der Waals surface area contributed by atoms with E-state index < -0.39 is 0 Å². The third kappa shape index (κ3) is 2.14. The number of hydrogen-bond acceptors (Lipinski definition) is 1. The summed E-state index contributed by atoms with van der Waals surface area (Å²) in [6.07, 6.45) is 3.37. The van der Waals surface area contributed by atoms with Crippen LogP contribution < -0.4 is 0 Å². The van der Waals surface area contributed by atoms with Gasteiger partial charge < -0.3 is 0 Å². The number of rotatable bonds is 2. The molecule has 0 amide bonds. The van der Waals surface area contributed by atoms with Gasteiger partial charge >= 0.3 is 0 Å². The van der Waals surface area contributed by atoms with Gasteiger partial charge in [-0.25, -0.2) is 4.39 Å². The van der Waals surface area contributed by atoms with Crippen LogP contribution in [0.25, 0.3) is 6.08 Å². The standard InChI is InChI=1S/C9H6FIO/c10-8-4-1-5-9(11)7(8)3-2-6-12/h1-6H. The van der Waals surface area contributed by atoms with Crippen molar-refractivity contribution in [3.63, 3.8) is 0 Å². The van der Waals surface area contributed by atoms with E-state index in [1.54, 1.807) is 12.1 Å². The van der Waals surface area contributed by atoms with Gasteiger partial charge in [0.2, 0.25) is 0 Å². The van der Waals surface area contributed by atoms with E-state index in [1.807, 2.05) is 22.6 Å². The fraction of sp³-hybridized carbons (Fsp3) is 0. The normalized spacial score (nSPS) is 10.5. The maximum absolute atomic E-state index is 13.0. The van der Waals surface area contributed by atoms with E-state index in [2.05, 4.69) is 0 Å². The quantitative estimate of drug-likeness (QED) is 0.461. The zero-order valence-corrected chi connectivity index (χ0v) is 8.29. The minimum absolute atomic E-state index is 0.306. The van der Waals surface area contributed by atoms with Crippen LogP contribution >= 0.6 is 22.6 Å². The Hall–Kier alpha value is -0.710. The third-order valence-corrected chi connectivity index (χ3v) is 2.28. The maximum atomic E-state index is 13.0. The second-order valence-electron chi connectivity index (χ2n) is 2.13. The molecule has 1 nitrogen and oxygen atoms in total. The Kier molecular flexibility index (Phi) is 3.40. The fourth-order valence-corrected chi connectivity index (χ4v) is 1.45. The van der Waals surface area contributed by atoms with E-state index in [0.717, 1.165) is 3.57 Å². The molecule has 1 aromatic carbocycles. The van der Waals surface area contributed by atoms with Crippen LogP contribution in [0.3, 0.4) is 0 Å². The first-order chi connectivity index (χ1) is 5.75. The summed E-state index contributed by atoms with van der Waals surface area (Å²) in [5.74, 6) is -0.306. The lowest BCUT2D eigenvalue weighted by Crippen LogP contribution is -1.85. The first-order valence-electron chi connectivity index (χ1n) is 3.31. The van der Waals surface area contributed by atoms with E-state index in [0.29, 0.717) is 11.8 Å². The number of carbonyl (C=O) groups is 1. The molecule has 12 heavy (non-hydrogen) atoms. The van der Waals surface area contributed by atoms with E-state index >= 15 is 0 Å². The van der Waals surface area contributed by atoms with Gasteiger partial charge in [-0.2, -0.15) is 0 Å². The molecule has 1 aromatic rings. The molecule has 0 saturated carbocycles. The highest BCUT2D eigenvalue weighted by molar-refractivity contribution is 14.1. The van der Waals surface area contributed by atoms with Crippen LogP contribution in [0, 0.1) is 9.39 Å². The molecular weight excluding hydrogens is 270 g/mol. The SMILES string of the molecule is O=CC=Cc1c(F)cccc1I. The average Bonchev–Trinajstić information content (AvgIpc) is 2.04. The predicted molar refractivity (Wildman–Crippen MR) is 54.2 cm³/mol. The lowest BCUT2D eigenvalue weighted by Gasteiger charge is -1.98. The van der Waals surface area contributed by atoms with Gasteiger partial charge in [-0.3, -0.25) is 4.79 Å². The van der Waals surface area contributed by atoms with Crippen molar-refractivity contribution in [1.82, 2.24) is 0 Å². The first-order valence-corrected chi connectivity index (χ1v) is 4.39. The van der Waals surface area contributed by atoms with Crippen molar-refractivity contribution >= 4 is 35.0 Å². The molecule has 3 heteroatoms. The molecule has 0 bridgehead atoms. The molecule has 0 aromatic heterocycles. The zero-order valence-electron chi connectivity index (χ0n) is 6.13. The highest BCUT2D eigenvalue weighted by Crippen LogP contribution is 2.16. The Morgan fingerprint density at radius 2 is 2.17 bits per heavy atom. The fourth-order valence-electron chi connectivity index (χ4n) is 0.805. The summed E-state index contributed by atoms with van der Waals surface area (Å²) in [5, 5.41) is 0. The Labute approximate surface area is 83.4 Å². The molecule has 62 valence electrons. The van der Waals surface area contributed by atoms with E-state index in [4.69, 9.17) is 0 Å². The minimum atomic E-state index is -0.306. The van der Waals surface area contributed by atoms with Gasteiger partial charge in [-0.1, -0.05) is 6.07 Å². The van der Waals surface area contributed by atoms with E-state index in [1.165, 1.54) is 18.2 Å². The molecule has 0 aliphatic heterocycles. The lowest BCUT2D eigenvalue weighted by molar-refractivity contribution is -0.104. The Morgan fingerprint density at radius 1 is 1.42 bits per heavy atom. The monoisotopic (exact) mass is 276 g/mol. The molecule has 0 spiro atoms. The second kappa shape index (κ2) is 4.35. The molecule has 0 saturated heterocycles. The predicted octanol–water partition coefficient (Wildman–Crippen LogP) is 2.64. The van der Waals surface area contributed by atoms with Gasteiger partial charge in [0, 0.05) is 9.13 Å². The number of benzene rings is 1. The van der Waals surface area contributed by atoms with Crippen molar-refractivity contribution in [2.45, 2.75) is 0 Å². The van der Waals surface area contributed by atoms with Crippen molar-refractivity contribution in [1.29, 1.82) is 0 Å². The van der Waals surface area contributed by atoms with Crippen LogP contribution in [-0.4, -0.2) is 6.29 Å². The Balaban J connectivity index is 3.12. The second-order valence-corrected chi connectivity index (χ2v) is 3.29. The molecule has 0 atom stereocenters. The zero-order chi connectivity index (χ0) is 8.97. The van der Waals surface area contributed by atoms with Gasteiger partial charge in [0.05, 0.1) is 0 Å².